The van der Waals surface area contributed by atoms with Crippen LogP contribution in [0.3, 0.4) is 0 Å². The van der Waals surface area contributed by atoms with E-state index in [9.17, 15) is 5.11 Å². The maximum atomic E-state index is 9.43. The molecule has 1 saturated heterocycles. The number of thiazole rings is 1. The molecular weight excluding hydrogens is 354 g/mol. The first-order valence-corrected chi connectivity index (χ1v) is 9.96. The van der Waals surface area contributed by atoms with Crippen molar-refractivity contribution in [2.45, 2.75) is 58.4 Å². The molecule has 3 unspecified atom stereocenters. The minimum atomic E-state index is -0.290. The summed E-state index contributed by atoms with van der Waals surface area (Å²) in [7, 11) is 2.01. The van der Waals surface area contributed by atoms with Gasteiger partial charge in [-0.1, -0.05) is 6.42 Å². The Hall–Kier alpha value is -1.20. The van der Waals surface area contributed by atoms with Gasteiger partial charge in [0.05, 0.1) is 29.1 Å². The number of hydrogen-bond acceptors (Lipinski definition) is 6. The van der Waals surface area contributed by atoms with Gasteiger partial charge in [-0.2, -0.15) is 0 Å². The molecule has 0 bridgehead atoms. The van der Waals surface area contributed by atoms with Crippen molar-refractivity contribution < 1.29 is 9.29 Å². The average Bonchev–Trinajstić information content (AvgIpc) is 3.15. The lowest BCUT2D eigenvalue weighted by Gasteiger charge is -2.21. The highest BCUT2D eigenvalue weighted by atomic mass is 32.2. The molecule has 0 radical (unpaired) electrons. The van der Waals surface area contributed by atoms with E-state index in [-0.39, 0.29) is 12.1 Å². The van der Waals surface area contributed by atoms with Gasteiger partial charge in [0.15, 0.2) is 0 Å². The van der Waals surface area contributed by atoms with Gasteiger partial charge in [0.2, 0.25) is 0 Å². The molecule has 0 aromatic carbocycles. The summed E-state index contributed by atoms with van der Waals surface area (Å²) in [5.74, 6) is 1.10. The number of aliphatic hydroxyl groups excluding tert-OH is 1. The Morgan fingerprint density at radius 1 is 1.40 bits per heavy atom. The predicted molar refractivity (Wildman–Crippen MR) is 106 cm³/mol. The van der Waals surface area contributed by atoms with E-state index in [1.807, 2.05) is 25.3 Å². The standard InChI is InChI=1S/C9H12N2S.C9H15NO2S/c1-5-9-11(8(4)10-5)6(2)7(3)12-9;1-4-12-13-8-5-9(7(2)11)10(3)6-8/h1-4H3;1,7-9,11H,5-6H2,2-3H3. The van der Waals surface area contributed by atoms with Crippen molar-refractivity contribution in [3.63, 3.8) is 0 Å². The SMILES string of the molecule is C#COSC1CC(C(C)O)N(C)C1.Cc1sc2c(C)nc(C)n2c1C. The van der Waals surface area contributed by atoms with Crippen LogP contribution in [0.2, 0.25) is 0 Å². The third kappa shape index (κ3) is 4.50. The van der Waals surface area contributed by atoms with Crippen LogP contribution in [-0.4, -0.2) is 50.4 Å². The molecule has 2 aromatic heterocycles. The minimum Gasteiger partial charge on any atom is -0.392 e. The van der Waals surface area contributed by atoms with Gasteiger partial charge in [-0.15, -0.1) is 11.3 Å². The molecule has 3 heterocycles. The van der Waals surface area contributed by atoms with Gasteiger partial charge in [-0.3, -0.25) is 9.30 Å². The Morgan fingerprint density at radius 3 is 2.60 bits per heavy atom. The summed E-state index contributed by atoms with van der Waals surface area (Å²) in [6.45, 7) is 11.2. The molecule has 3 atom stereocenters. The summed E-state index contributed by atoms with van der Waals surface area (Å²) in [6.07, 6.45) is 7.76. The fourth-order valence-electron chi connectivity index (χ4n) is 3.25. The number of likely N-dealkylation sites (N-methyl/N-ethyl adjacent to an activating group) is 1. The second kappa shape index (κ2) is 8.45. The van der Waals surface area contributed by atoms with Crippen LogP contribution >= 0.6 is 23.4 Å². The quantitative estimate of drug-likeness (QED) is 0.653. The van der Waals surface area contributed by atoms with E-state index in [0.717, 1.165) is 24.5 Å². The molecule has 0 spiro atoms. The lowest BCUT2D eigenvalue weighted by Crippen LogP contribution is -2.34. The molecule has 3 rings (SSSR count). The van der Waals surface area contributed by atoms with E-state index in [0.29, 0.717) is 5.25 Å². The Labute approximate surface area is 158 Å². The van der Waals surface area contributed by atoms with Gasteiger partial charge in [0.25, 0.3) is 0 Å². The Kier molecular flexibility index (Phi) is 6.80. The highest BCUT2D eigenvalue weighted by Crippen LogP contribution is 2.28. The van der Waals surface area contributed by atoms with Crippen LogP contribution < -0.4 is 0 Å². The maximum absolute atomic E-state index is 9.43. The lowest BCUT2D eigenvalue weighted by atomic mass is 10.1. The van der Waals surface area contributed by atoms with Gasteiger partial charge in [-0.05, 0) is 48.1 Å². The molecular formula is C18H27N3O2S2. The van der Waals surface area contributed by atoms with E-state index in [4.69, 9.17) is 10.6 Å². The van der Waals surface area contributed by atoms with Crippen LogP contribution in [0.25, 0.3) is 4.83 Å². The molecule has 1 fully saturated rings. The lowest BCUT2D eigenvalue weighted by molar-refractivity contribution is 0.101. The fraction of sp³-hybridized carbons (Fsp3) is 0.611. The molecule has 7 heteroatoms. The van der Waals surface area contributed by atoms with Crippen molar-refractivity contribution in [1.82, 2.24) is 14.3 Å². The fourth-order valence-corrected chi connectivity index (χ4v) is 5.10. The number of imidazole rings is 1. The monoisotopic (exact) mass is 381 g/mol. The van der Waals surface area contributed by atoms with Crippen molar-refractivity contribution in [2.75, 3.05) is 13.6 Å². The van der Waals surface area contributed by atoms with Crippen LogP contribution in [0.4, 0.5) is 0 Å². The molecule has 1 aliphatic rings. The van der Waals surface area contributed by atoms with E-state index >= 15 is 0 Å². The summed E-state index contributed by atoms with van der Waals surface area (Å²) in [5, 5.41) is 9.81. The summed E-state index contributed by atoms with van der Waals surface area (Å²) in [4.78, 5) is 9.25. The summed E-state index contributed by atoms with van der Waals surface area (Å²) in [6, 6.07) is 0.235. The number of aliphatic hydroxyl groups is 1. The average molecular weight is 382 g/mol. The van der Waals surface area contributed by atoms with E-state index in [1.165, 1.54) is 27.4 Å². The van der Waals surface area contributed by atoms with Gasteiger partial charge < -0.3 is 9.29 Å². The largest absolute Gasteiger partial charge is 0.392 e. The molecule has 0 aliphatic carbocycles. The number of hydrogen-bond donors (Lipinski definition) is 1. The van der Waals surface area contributed by atoms with Crippen molar-refractivity contribution in [2.24, 2.45) is 0 Å². The van der Waals surface area contributed by atoms with E-state index in [1.54, 1.807) is 0 Å². The first-order valence-electron chi connectivity index (χ1n) is 8.34. The molecule has 5 nitrogen and oxygen atoms in total. The van der Waals surface area contributed by atoms with Crippen molar-refractivity contribution in [1.29, 1.82) is 0 Å². The zero-order valence-electron chi connectivity index (χ0n) is 15.7. The van der Waals surface area contributed by atoms with Crippen molar-refractivity contribution in [3.8, 4) is 12.5 Å². The van der Waals surface area contributed by atoms with Crippen LogP contribution in [0.1, 0.15) is 35.4 Å². The number of aromatic nitrogens is 2. The number of aryl methyl sites for hydroxylation is 4. The van der Waals surface area contributed by atoms with Crippen LogP contribution in [0.5, 0.6) is 0 Å². The normalized spacial score (nSPS) is 21.7. The molecule has 138 valence electrons. The second-order valence-corrected chi connectivity index (χ2v) is 8.76. The summed E-state index contributed by atoms with van der Waals surface area (Å²) in [5.41, 5.74) is 2.47. The van der Waals surface area contributed by atoms with Crippen molar-refractivity contribution in [3.05, 3.63) is 22.1 Å². The minimum absolute atomic E-state index is 0.235. The Balaban J connectivity index is 0.000000181. The number of rotatable bonds is 3. The van der Waals surface area contributed by atoms with Crippen LogP contribution in [0.15, 0.2) is 0 Å². The number of terminal acetylenes is 1. The molecule has 0 amide bonds. The number of fused-ring (bicyclic) bond motifs is 1. The van der Waals surface area contributed by atoms with Gasteiger partial charge in [-0.25, -0.2) is 4.98 Å². The molecule has 1 N–H and O–H groups in total. The van der Waals surface area contributed by atoms with Gasteiger partial charge >= 0.3 is 0 Å². The van der Waals surface area contributed by atoms with Crippen LogP contribution in [0, 0.1) is 40.2 Å². The smallest absolute Gasteiger partial charge is 0.123 e. The predicted octanol–water partition coefficient (Wildman–Crippen LogP) is 3.32. The highest BCUT2D eigenvalue weighted by Gasteiger charge is 2.33. The Bertz CT molecular complexity index is 761. The first-order chi connectivity index (χ1) is 11.8. The molecule has 25 heavy (non-hydrogen) atoms. The third-order valence-corrected chi connectivity index (χ3v) is 6.69. The van der Waals surface area contributed by atoms with E-state index < -0.39 is 0 Å². The molecule has 1 aliphatic heterocycles. The Morgan fingerprint density at radius 2 is 2.08 bits per heavy atom. The number of likely N-dealkylation sites (tertiary alicyclic amines) is 1. The van der Waals surface area contributed by atoms with Gasteiger partial charge in [0.1, 0.15) is 16.8 Å². The zero-order valence-corrected chi connectivity index (χ0v) is 17.4. The first kappa shape index (κ1) is 20.1. The second-order valence-electron chi connectivity index (χ2n) is 6.53. The number of nitrogens with zero attached hydrogens (tertiary/aromatic N) is 3. The van der Waals surface area contributed by atoms with Crippen LogP contribution in [-0.2, 0) is 4.18 Å². The highest BCUT2D eigenvalue weighted by molar-refractivity contribution is 7.95. The summed E-state index contributed by atoms with van der Waals surface area (Å²) < 4.78 is 7.06. The van der Waals surface area contributed by atoms with Crippen molar-refractivity contribution >= 4 is 28.2 Å². The topological polar surface area (TPSA) is 50.0 Å². The summed E-state index contributed by atoms with van der Waals surface area (Å²) >= 11 is 3.15. The zero-order chi connectivity index (χ0) is 18.7. The maximum Gasteiger partial charge on any atom is 0.123 e. The van der Waals surface area contributed by atoms with Gasteiger partial charge in [0, 0.05) is 23.2 Å². The third-order valence-electron chi connectivity index (χ3n) is 4.61. The van der Waals surface area contributed by atoms with E-state index in [2.05, 4.69) is 48.1 Å². The molecule has 0 saturated carbocycles. The molecule has 2 aromatic rings.